The molecule has 2 heterocycles. The Morgan fingerprint density at radius 3 is 2.62 bits per heavy atom. The van der Waals surface area contributed by atoms with E-state index in [1.165, 1.54) is 22.3 Å². The molecule has 0 bridgehead atoms. The number of carboxylic acid groups (broad SMARTS) is 1. The number of ether oxygens (including phenoxy) is 1. The molecule has 3 rings (SSSR count). The summed E-state index contributed by atoms with van der Waals surface area (Å²) in [5.74, 6) is 0.349. The van der Waals surface area contributed by atoms with Crippen molar-refractivity contribution in [3.05, 3.63) is 51.8 Å². The smallest absolute Gasteiger partial charge is 0.339 e. The van der Waals surface area contributed by atoms with Crippen LogP contribution in [0.3, 0.4) is 0 Å². The van der Waals surface area contributed by atoms with Crippen LogP contribution in [0.5, 0.6) is 5.75 Å². The van der Waals surface area contributed by atoms with E-state index >= 15 is 0 Å². The lowest BCUT2D eigenvalue weighted by Crippen LogP contribution is -2.25. The Labute approximate surface area is 154 Å². The number of rotatable bonds is 5. The molecule has 7 heteroatoms. The van der Waals surface area contributed by atoms with Gasteiger partial charge >= 0.3 is 5.97 Å². The minimum atomic E-state index is -1.04. The van der Waals surface area contributed by atoms with Crippen LogP contribution >= 0.6 is 11.3 Å². The zero-order chi connectivity index (χ0) is 19.0. The quantitative estimate of drug-likeness (QED) is 0.729. The second kappa shape index (κ2) is 6.84. The van der Waals surface area contributed by atoms with Gasteiger partial charge in [-0.15, -0.1) is 11.3 Å². The summed E-state index contributed by atoms with van der Waals surface area (Å²) in [5.41, 5.74) is 1.02. The van der Waals surface area contributed by atoms with Crippen molar-refractivity contribution in [3.8, 4) is 5.75 Å². The number of thiophene rings is 1. The van der Waals surface area contributed by atoms with Crippen molar-refractivity contribution in [2.45, 2.75) is 20.4 Å². The minimum Gasteiger partial charge on any atom is -0.497 e. The maximum atomic E-state index is 12.9. The summed E-state index contributed by atoms with van der Waals surface area (Å²) >= 11 is 1.43. The van der Waals surface area contributed by atoms with E-state index < -0.39 is 5.97 Å². The highest BCUT2D eigenvalue weighted by atomic mass is 32.1. The van der Waals surface area contributed by atoms with E-state index in [4.69, 9.17) is 14.3 Å². The standard InChI is InChI=1S/C19H19NO5S/c1-10-14-7-12(24-4)5-6-16(14)26-17(10)18(21)20(3)9-13-8-15(19(22)23)11(2)25-13/h5-8H,9H2,1-4H3,(H,22,23). The van der Waals surface area contributed by atoms with Gasteiger partial charge in [0.2, 0.25) is 0 Å². The maximum Gasteiger partial charge on any atom is 0.339 e. The summed E-state index contributed by atoms with van der Waals surface area (Å²) in [7, 11) is 3.28. The molecule has 0 aliphatic heterocycles. The third-order valence-electron chi connectivity index (χ3n) is 4.28. The van der Waals surface area contributed by atoms with Crippen LogP contribution < -0.4 is 4.74 Å². The van der Waals surface area contributed by atoms with Gasteiger partial charge in [0.1, 0.15) is 22.8 Å². The second-order valence-electron chi connectivity index (χ2n) is 6.07. The third-order valence-corrected chi connectivity index (χ3v) is 5.54. The predicted molar refractivity (Wildman–Crippen MR) is 99.3 cm³/mol. The number of carbonyl (C=O) groups is 2. The second-order valence-corrected chi connectivity index (χ2v) is 7.12. The van der Waals surface area contributed by atoms with Crippen LogP contribution in [0.15, 0.2) is 28.7 Å². The molecule has 26 heavy (non-hydrogen) atoms. The molecule has 6 nitrogen and oxygen atoms in total. The molecule has 0 radical (unpaired) electrons. The van der Waals surface area contributed by atoms with Crippen LogP contribution in [0.4, 0.5) is 0 Å². The number of benzene rings is 1. The number of methoxy groups -OCH3 is 1. The van der Waals surface area contributed by atoms with Gasteiger partial charge in [-0.05, 0) is 49.1 Å². The van der Waals surface area contributed by atoms with Crippen molar-refractivity contribution >= 4 is 33.3 Å². The van der Waals surface area contributed by atoms with E-state index in [1.54, 1.807) is 21.1 Å². The molecule has 0 fully saturated rings. The Balaban J connectivity index is 1.86. The van der Waals surface area contributed by atoms with Gasteiger partial charge in [0.15, 0.2) is 0 Å². The lowest BCUT2D eigenvalue weighted by molar-refractivity contribution is 0.0694. The summed E-state index contributed by atoms with van der Waals surface area (Å²) in [6, 6.07) is 7.20. The van der Waals surface area contributed by atoms with Crippen molar-refractivity contribution in [1.29, 1.82) is 0 Å². The molecule has 0 aliphatic rings. The van der Waals surface area contributed by atoms with E-state index in [9.17, 15) is 9.59 Å². The lowest BCUT2D eigenvalue weighted by Gasteiger charge is -2.15. The summed E-state index contributed by atoms with van der Waals surface area (Å²) in [6.45, 7) is 3.71. The first-order chi connectivity index (χ1) is 12.3. The van der Waals surface area contributed by atoms with Crippen molar-refractivity contribution < 1.29 is 23.8 Å². The number of amides is 1. The number of carbonyl (C=O) groups excluding carboxylic acids is 1. The summed E-state index contributed by atoms with van der Waals surface area (Å²) in [5, 5.41) is 10.1. The highest BCUT2D eigenvalue weighted by Gasteiger charge is 2.21. The molecular formula is C19H19NO5S. The van der Waals surface area contributed by atoms with Crippen LogP contribution in [-0.2, 0) is 6.54 Å². The van der Waals surface area contributed by atoms with Gasteiger partial charge in [0.05, 0.1) is 18.5 Å². The van der Waals surface area contributed by atoms with Gasteiger partial charge < -0.3 is 19.2 Å². The predicted octanol–water partition coefficient (Wildman–Crippen LogP) is 4.09. The Kier molecular flexibility index (Phi) is 4.73. The number of furan rings is 1. The van der Waals surface area contributed by atoms with Crippen molar-refractivity contribution in [3.63, 3.8) is 0 Å². The first-order valence-electron chi connectivity index (χ1n) is 7.97. The van der Waals surface area contributed by atoms with Crippen molar-refractivity contribution in [1.82, 2.24) is 4.90 Å². The van der Waals surface area contributed by atoms with E-state index in [0.717, 1.165) is 21.4 Å². The molecule has 0 saturated carbocycles. The Hall–Kier alpha value is -2.80. The van der Waals surface area contributed by atoms with Crippen LogP contribution in [0.25, 0.3) is 10.1 Å². The highest BCUT2D eigenvalue weighted by Crippen LogP contribution is 2.34. The minimum absolute atomic E-state index is 0.117. The van der Waals surface area contributed by atoms with E-state index in [-0.39, 0.29) is 18.0 Å². The van der Waals surface area contributed by atoms with Gasteiger partial charge in [0, 0.05) is 11.7 Å². The number of nitrogens with zero attached hydrogens (tertiary/aromatic N) is 1. The molecule has 0 aliphatic carbocycles. The Morgan fingerprint density at radius 1 is 1.27 bits per heavy atom. The van der Waals surface area contributed by atoms with Crippen LogP contribution in [0, 0.1) is 13.8 Å². The number of carboxylic acids is 1. The van der Waals surface area contributed by atoms with Gasteiger partial charge in [-0.2, -0.15) is 0 Å². The zero-order valence-electron chi connectivity index (χ0n) is 15.0. The molecule has 0 spiro atoms. The SMILES string of the molecule is COc1ccc2sc(C(=O)N(C)Cc3cc(C(=O)O)c(C)o3)c(C)c2c1. The first kappa shape index (κ1) is 18.0. The van der Waals surface area contributed by atoms with Gasteiger partial charge in [0.25, 0.3) is 5.91 Å². The number of hydrogen-bond acceptors (Lipinski definition) is 5. The Bertz CT molecular complexity index is 1000. The molecule has 0 saturated heterocycles. The van der Waals surface area contributed by atoms with Gasteiger partial charge in [-0.3, -0.25) is 4.79 Å². The molecule has 1 amide bonds. The molecule has 136 valence electrons. The average Bonchev–Trinajstić information content (AvgIpc) is 3.14. The van der Waals surface area contributed by atoms with Gasteiger partial charge in [-0.25, -0.2) is 4.79 Å². The summed E-state index contributed by atoms with van der Waals surface area (Å²) < 4.78 is 11.7. The molecule has 1 N–H and O–H groups in total. The van der Waals surface area contributed by atoms with Crippen LogP contribution in [-0.4, -0.2) is 36.0 Å². The number of aryl methyl sites for hydroxylation is 2. The van der Waals surface area contributed by atoms with E-state index in [0.29, 0.717) is 16.4 Å². The average molecular weight is 373 g/mol. The zero-order valence-corrected chi connectivity index (χ0v) is 15.8. The number of fused-ring (bicyclic) bond motifs is 1. The topological polar surface area (TPSA) is 80.0 Å². The van der Waals surface area contributed by atoms with Crippen LogP contribution in [0.2, 0.25) is 0 Å². The fourth-order valence-electron chi connectivity index (χ4n) is 2.84. The number of hydrogen-bond donors (Lipinski definition) is 1. The van der Waals surface area contributed by atoms with Crippen molar-refractivity contribution in [2.75, 3.05) is 14.2 Å². The van der Waals surface area contributed by atoms with E-state index in [2.05, 4.69) is 0 Å². The Morgan fingerprint density at radius 2 is 2.00 bits per heavy atom. The molecule has 2 aromatic heterocycles. The maximum absolute atomic E-state index is 12.9. The third kappa shape index (κ3) is 3.17. The largest absolute Gasteiger partial charge is 0.497 e. The first-order valence-corrected chi connectivity index (χ1v) is 8.78. The highest BCUT2D eigenvalue weighted by molar-refractivity contribution is 7.21. The number of aromatic carboxylic acids is 1. The van der Waals surface area contributed by atoms with E-state index in [1.807, 2.05) is 25.1 Å². The normalized spacial score (nSPS) is 10.9. The van der Waals surface area contributed by atoms with Gasteiger partial charge in [-0.1, -0.05) is 0 Å². The molecule has 0 unspecified atom stereocenters. The summed E-state index contributed by atoms with van der Waals surface area (Å²) in [6.07, 6.45) is 0. The van der Waals surface area contributed by atoms with Crippen molar-refractivity contribution in [2.24, 2.45) is 0 Å². The molecule has 1 aromatic carbocycles. The molecule has 0 atom stereocenters. The fraction of sp³-hybridized carbons (Fsp3) is 0.263. The summed E-state index contributed by atoms with van der Waals surface area (Å²) in [4.78, 5) is 26.2. The molecule has 3 aromatic rings. The fourth-order valence-corrected chi connectivity index (χ4v) is 4.03. The molecular weight excluding hydrogens is 354 g/mol. The van der Waals surface area contributed by atoms with Crippen LogP contribution in [0.1, 0.15) is 37.1 Å². The monoisotopic (exact) mass is 373 g/mol. The lowest BCUT2D eigenvalue weighted by atomic mass is 10.1.